The summed E-state index contributed by atoms with van der Waals surface area (Å²) < 4.78 is 3.40. The second-order valence-electron chi connectivity index (χ2n) is 11.8. The van der Waals surface area contributed by atoms with E-state index in [1.165, 1.54) is 31.9 Å². The van der Waals surface area contributed by atoms with Crippen LogP contribution in [-0.2, 0) is 0 Å². The molecule has 0 fully saturated rings. The highest BCUT2D eigenvalue weighted by molar-refractivity contribution is 9.11. The van der Waals surface area contributed by atoms with Crippen LogP contribution in [0, 0.1) is 0 Å². The Morgan fingerprint density at radius 1 is 0.474 bits per heavy atom. The molecule has 0 atom stereocenters. The van der Waals surface area contributed by atoms with Crippen LogP contribution in [0.2, 0.25) is 39.3 Å². The van der Waals surface area contributed by atoms with Gasteiger partial charge in [0.25, 0.3) is 0 Å². The van der Waals surface area contributed by atoms with Gasteiger partial charge in [0.15, 0.2) is 0 Å². The molecule has 4 aromatic carbocycles. The van der Waals surface area contributed by atoms with Crippen molar-refractivity contribution >= 4 is 112 Å². The Balaban J connectivity index is 1.59. The standard InChI is InChI=1S/C30H28Br4N2Si2/c1-37(2,3)21-9-7-17-13-23(25(31)15-19(17)11-21)27-29(33)36-28(30(34)35-27)24-14-18-8-10-22(38(4,5)6)12-20(18)16-26(24)32/h7-16H,1-6H3. The molecule has 0 bridgehead atoms. The molecule has 0 N–H and O–H groups in total. The van der Waals surface area contributed by atoms with Crippen LogP contribution in [0.3, 0.4) is 0 Å². The van der Waals surface area contributed by atoms with E-state index >= 15 is 0 Å². The van der Waals surface area contributed by atoms with Crippen LogP contribution in [0.1, 0.15) is 0 Å². The molecule has 8 heteroatoms. The van der Waals surface area contributed by atoms with E-state index in [0.29, 0.717) is 9.21 Å². The first-order chi connectivity index (χ1) is 17.7. The van der Waals surface area contributed by atoms with Gasteiger partial charge in [-0.1, -0.05) is 118 Å². The number of rotatable bonds is 4. The Morgan fingerprint density at radius 3 is 1.18 bits per heavy atom. The van der Waals surface area contributed by atoms with E-state index < -0.39 is 16.1 Å². The molecule has 0 amide bonds. The lowest BCUT2D eigenvalue weighted by Crippen LogP contribution is -2.37. The van der Waals surface area contributed by atoms with Gasteiger partial charge in [-0.2, -0.15) is 0 Å². The minimum absolute atomic E-state index is 0.704. The molecule has 1 aromatic heterocycles. The molecule has 0 aliphatic rings. The molecule has 5 rings (SSSR count). The van der Waals surface area contributed by atoms with E-state index in [0.717, 1.165) is 31.5 Å². The zero-order valence-corrected chi connectivity index (χ0v) is 30.5. The second kappa shape index (κ2) is 10.3. The quantitative estimate of drug-likeness (QED) is 0.170. The third-order valence-electron chi connectivity index (χ3n) is 6.91. The normalized spacial score (nSPS) is 12.5. The van der Waals surface area contributed by atoms with Crippen LogP contribution in [0.5, 0.6) is 0 Å². The zero-order valence-electron chi connectivity index (χ0n) is 22.2. The average molecular weight is 792 g/mol. The van der Waals surface area contributed by atoms with Crippen LogP contribution in [0.4, 0.5) is 0 Å². The van der Waals surface area contributed by atoms with Crippen molar-refractivity contribution in [1.82, 2.24) is 9.97 Å². The van der Waals surface area contributed by atoms with Crippen molar-refractivity contribution in [3.63, 3.8) is 0 Å². The molecule has 0 aliphatic carbocycles. The smallest absolute Gasteiger partial charge is 0.133 e. The largest absolute Gasteiger partial charge is 0.236 e. The molecule has 0 aliphatic heterocycles. The molecule has 0 spiro atoms. The predicted octanol–water partition coefficient (Wildman–Crippen LogP) is 10.3. The fourth-order valence-corrected chi connectivity index (χ4v) is 8.97. The summed E-state index contributed by atoms with van der Waals surface area (Å²) in [5.74, 6) is 0. The summed E-state index contributed by atoms with van der Waals surface area (Å²) in [5, 5.41) is 7.75. The Kier molecular flexibility index (Phi) is 7.72. The number of halogens is 4. The fraction of sp³-hybridized carbons (Fsp3) is 0.200. The number of aromatic nitrogens is 2. The molecule has 5 aromatic rings. The van der Waals surface area contributed by atoms with Crippen molar-refractivity contribution in [2.45, 2.75) is 39.3 Å². The maximum atomic E-state index is 4.98. The lowest BCUT2D eigenvalue weighted by molar-refractivity contribution is 1.14. The van der Waals surface area contributed by atoms with E-state index in [-0.39, 0.29) is 0 Å². The highest BCUT2D eigenvalue weighted by atomic mass is 79.9. The minimum atomic E-state index is -1.39. The highest BCUT2D eigenvalue weighted by Gasteiger charge is 2.21. The molecule has 1 heterocycles. The second-order valence-corrected chi connectivity index (χ2v) is 25.2. The number of hydrogen-bond donors (Lipinski definition) is 0. The first-order valence-electron chi connectivity index (χ1n) is 12.4. The van der Waals surface area contributed by atoms with Crippen LogP contribution in [0.25, 0.3) is 44.1 Å². The average Bonchev–Trinajstić information content (AvgIpc) is 2.82. The SMILES string of the molecule is C[Si](C)(C)c1ccc2cc(-c3nc(Br)c(-c4cc5ccc([Si](C)(C)C)cc5cc4Br)nc3Br)c(Br)cc2c1. The van der Waals surface area contributed by atoms with Gasteiger partial charge in [-0.05, 0) is 77.7 Å². The van der Waals surface area contributed by atoms with Gasteiger partial charge in [-0.15, -0.1) is 0 Å². The van der Waals surface area contributed by atoms with Crippen LogP contribution in [-0.4, -0.2) is 26.1 Å². The molecule has 0 unspecified atom stereocenters. The van der Waals surface area contributed by atoms with Gasteiger partial charge < -0.3 is 0 Å². The monoisotopic (exact) mass is 788 g/mol. The van der Waals surface area contributed by atoms with Crippen molar-refractivity contribution in [1.29, 1.82) is 0 Å². The van der Waals surface area contributed by atoms with Crippen molar-refractivity contribution in [2.75, 3.05) is 0 Å². The number of benzene rings is 4. The third-order valence-corrected chi connectivity index (χ3v) is 13.4. The van der Waals surface area contributed by atoms with Gasteiger partial charge in [0.2, 0.25) is 0 Å². The molecular weight excluding hydrogens is 764 g/mol. The number of hydrogen-bond acceptors (Lipinski definition) is 2. The molecule has 0 radical (unpaired) electrons. The lowest BCUT2D eigenvalue weighted by Gasteiger charge is -2.18. The van der Waals surface area contributed by atoms with E-state index in [4.69, 9.17) is 9.97 Å². The zero-order chi connectivity index (χ0) is 27.6. The van der Waals surface area contributed by atoms with Gasteiger partial charge in [0.05, 0.1) is 16.1 Å². The fourth-order valence-electron chi connectivity index (χ4n) is 4.57. The summed E-state index contributed by atoms with van der Waals surface area (Å²) in [5.41, 5.74) is 3.59. The summed E-state index contributed by atoms with van der Waals surface area (Å²) in [6.45, 7) is 14.3. The van der Waals surface area contributed by atoms with E-state index in [9.17, 15) is 0 Å². The van der Waals surface area contributed by atoms with Gasteiger partial charge in [0.1, 0.15) is 20.6 Å². The Hall–Kier alpha value is -1.17. The Morgan fingerprint density at radius 2 is 0.842 bits per heavy atom. The predicted molar refractivity (Wildman–Crippen MR) is 185 cm³/mol. The lowest BCUT2D eigenvalue weighted by atomic mass is 10.0. The van der Waals surface area contributed by atoms with Crippen LogP contribution in [0.15, 0.2) is 78.8 Å². The van der Waals surface area contributed by atoms with Crippen molar-refractivity contribution in [2.24, 2.45) is 0 Å². The summed E-state index contributed by atoms with van der Waals surface area (Å²) in [4.78, 5) is 9.96. The first-order valence-corrected chi connectivity index (χ1v) is 22.6. The molecule has 0 saturated carbocycles. The molecule has 2 nitrogen and oxygen atoms in total. The Bertz CT molecular complexity index is 1610. The maximum absolute atomic E-state index is 4.98. The van der Waals surface area contributed by atoms with Crippen LogP contribution >= 0.6 is 63.7 Å². The first kappa shape index (κ1) is 28.4. The van der Waals surface area contributed by atoms with Gasteiger partial charge >= 0.3 is 0 Å². The van der Waals surface area contributed by atoms with Gasteiger partial charge in [0, 0.05) is 20.1 Å². The molecule has 194 valence electrons. The molecule has 0 saturated heterocycles. The summed E-state index contributed by atoms with van der Waals surface area (Å²) in [6, 6.07) is 22.4. The van der Waals surface area contributed by atoms with E-state index in [2.05, 4.69) is 164 Å². The summed E-state index contributed by atoms with van der Waals surface area (Å²) >= 11 is 15.1. The van der Waals surface area contributed by atoms with E-state index in [1.54, 1.807) is 0 Å². The molecule has 38 heavy (non-hydrogen) atoms. The number of fused-ring (bicyclic) bond motifs is 2. The third kappa shape index (κ3) is 5.54. The van der Waals surface area contributed by atoms with Gasteiger partial charge in [-0.25, -0.2) is 9.97 Å². The highest BCUT2D eigenvalue weighted by Crippen LogP contribution is 2.40. The number of nitrogens with zero attached hydrogens (tertiary/aromatic N) is 2. The summed E-state index contributed by atoms with van der Waals surface area (Å²) in [6.07, 6.45) is 0. The van der Waals surface area contributed by atoms with Crippen molar-refractivity contribution in [3.05, 3.63) is 78.8 Å². The van der Waals surface area contributed by atoms with Crippen molar-refractivity contribution < 1.29 is 0 Å². The maximum Gasteiger partial charge on any atom is 0.133 e. The Labute approximate surface area is 260 Å². The molecular formula is C30H28Br4N2Si2. The topological polar surface area (TPSA) is 25.8 Å². The van der Waals surface area contributed by atoms with Crippen molar-refractivity contribution in [3.8, 4) is 22.5 Å². The van der Waals surface area contributed by atoms with Gasteiger partial charge in [-0.3, -0.25) is 0 Å². The van der Waals surface area contributed by atoms with Crippen LogP contribution < -0.4 is 10.4 Å². The summed E-state index contributed by atoms with van der Waals surface area (Å²) in [7, 11) is -2.77. The minimum Gasteiger partial charge on any atom is -0.236 e. The van der Waals surface area contributed by atoms with E-state index in [1.807, 2.05) is 0 Å².